The number of hydrogen-bond donors (Lipinski definition) is 1. The largest absolute Gasteiger partial charge is 0.381 e. The summed E-state index contributed by atoms with van der Waals surface area (Å²) in [5, 5.41) is 3.53. The van der Waals surface area contributed by atoms with Crippen LogP contribution in [0.25, 0.3) is 0 Å². The molecule has 1 aliphatic rings. The van der Waals surface area contributed by atoms with Gasteiger partial charge in [0.05, 0.1) is 11.9 Å². The number of halogens is 1. The summed E-state index contributed by atoms with van der Waals surface area (Å²) < 4.78 is 0.998. The molecule has 6 heteroatoms. The number of nitrogens with one attached hydrogen (secondary N) is 1. The van der Waals surface area contributed by atoms with Gasteiger partial charge in [0.2, 0.25) is 5.95 Å². The van der Waals surface area contributed by atoms with Gasteiger partial charge in [-0.3, -0.25) is 4.98 Å². The normalized spacial score (nSPS) is 16.1. The zero-order valence-electron chi connectivity index (χ0n) is 11.0. The highest BCUT2D eigenvalue weighted by molar-refractivity contribution is 9.10. The van der Waals surface area contributed by atoms with Crippen molar-refractivity contribution in [1.29, 1.82) is 0 Å². The lowest BCUT2D eigenvalue weighted by Gasteiger charge is -2.32. The van der Waals surface area contributed by atoms with Crippen molar-refractivity contribution < 1.29 is 0 Å². The highest BCUT2D eigenvalue weighted by Gasteiger charge is 2.20. The van der Waals surface area contributed by atoms with E-state index in [-0.39, 0.29) is 0 Å². The summed E-state index contributed by atoms with van der Waals surface area (Å²) in [6.07, 6.45) is 9.38. The predicted molar refractivity (Wildman–Crippen MR) is 82.8 cm³/mol. The zero-order chi connectivity index (χ0) is 13.8. The maximum absolute atomic E-state index is 4.30. The Hall–Kier alpha value is -1.69. The van der Waals surface area contributed by atoms with Crippen LogP contribution in [0, 0.1) is 0 Å². The van der Waals surface area contributed by atoms with Crippen LogP contribution in [0.1, 0.15) is 12.8 Å². The molecule has 1 aliphatic heterocycles. The Morgan fingerprint density at radius 2 is 1.90 bits per heavy atom. The Kier molecular flexibility index (Phi) is 4.11. The minimum atomic E-state index is 0.478. The Balaban J connectivity index is 1.56. The third-order valence-corrected chi connectivity index (χ3v) is 3.84. The monoisotopic (exact) mass is 333 g/mol. The second-order valence-electron chi connectivity index (χ2n) is 4.85. The number of hydrogen-bond acceptors (Lipinski definition) is 5. The molecular formula is C14H16BrN5. The molecule has 0 amide bonds. The molecule has 2 aromatic rings. The summed E-state index contributed by atoms with van der Waals surface area (Å²) in [5.41, 5.74) is 1.06. The van der Waals surface area contributed by atoms with Crippen molar-refractivity contribution in [2.24, 2.45) is 0 Å². The van der Waals surface area contributed by atoms with Crippen molar-refractivity contribution in [2.75, 3.05) is 23.3 Å². The second kappa shape index (κ2) is 6.17. The Bertz CT molecular complexity index is 555. The van der Waals surface area contributed by atoms with E-state index in [1.54, 1.807) is 18.6 Å². The highest BCUT2D eigenvalue weighted by Crippen LogP contribution is 2.20. The van der Waals surface area contributed by atoms with Crippen molar-refractivity contribution in [3.05, 3.63) is 41.4 Å². The van der Waals surface area contributed by atoms with Gasteiger partial charge in [0.15, 0.2) is 0 Å². The standard InChI is InChI=1S/C14H16BrN5/c15-11-8-13(10-16-9-11)19-12-2-6-20(7-3-12)14-17-4-1-5-18-14/h1,4-5,8-10,12,19H,2-3,6-7H2. The minimum absolute atomic E-state index is 0.478. The van der Waals surface area contributed by atoms with Gasteiger partial charge in [-0.15, -0.1) is 0 Å². The van der Waals surface area contributed by atoms with Crippen molar-refractivity contribution in [3.63, 3.8) is 0 Å². The number of anilines is 2. The smallest absolute Gasteiger partial charge is 0.225 e. The maximum Gasteiger partial charge on any atom is 0.225 e. The van der Waals surface area contributed by atoms with E-state index < -0.39 is 0 Å². The van der Waals surface area contributed by atoms with Crippen molar-refractivity contribution >= 4 is 27.6 Å². The Morgan fingerprint density at radius 3 is 2.60 bits per heavy atom. The van der Waals surface area contributed by atoms with Crippen LogP contribution in [0.3, 0.4) is 0 Å². The van der Waals surface area contributed by atoms with E-state index in [0.29, 0.717) is 6.04 Å². The average molecular weight is 334 g/mol. The Labute approximate surface area is 126 Å². The highest BCUT2D eigenvalue weighted by atomic mass is 79.9. The first-order chi connectivity index (χ1) is 9.81. The molecule has 1 saturated heterocycles. The van der Waals surface area contributed by atoms with Crippen LogP contribution >= 0.6 is 15.9 Å². The molecule has 0 atom stereocenters. The molecule has 1 N–H and O–H groups in total. The molecule has 1 fully saturated rings. The van der Waals surface area contributed by atoms with Crippen LogP contribution in [-0.4, -0.2) is 34.1 Å². The number of aromatic nitrogens is 3. The van der Waals surface area contributed by atoms with Gasteiger partial charge >= 0.3 is 0 Å². The van der Waals surface area contributed by atoms with E-state index in [0.717, 1.165) is 42.0 Å². The van der Waals surface area contributed by atoms with Crippen molar-refractivity contribution in [3.8, 4) is 0 Å². The summed E-state index contributed by atoms with van der Waals surface area (Å²) in [6, 6.07) is 4.38. The number of nitrogens with zero attached hydrogens (tertiary/aromatic N) is 4. The molecule has 20 heavy (non-hydrogen) atoms. The van der Waals surface area contributed by atoms with Gasteiger partial charge in [0.25, 0.3) is 0 Å². The number of piperidine rings is 1. The molecule has 0 radical (unpaired) electrons. The zero-order valence-corrected chi connectivity index (χ0v) is 12.6. The number of rotatable bonds is 3. The Morgan fingerprint density at radius 1 is 1.15 bits per heavy atom. The molecule has 0 saturated carbocycles. The molecule has 0 spiro atoms. The van der Waals surface area contributed by atoms with Gasteiger partial charge in [0, 0.05) is 42.2 Å². The SMILES string of the molecule is Brc1cncc(NC2CCN(c3ncccn3)CC2)c1. The third-order valence-electron chi connectivity index (χ3n) is 3.41. The second-order valence-corrected chi connectivity index (χ2v) is 5.76. The van der Waals surface area contributed by atoms with Crippen LogP contribution in [0.2, 0.25) is 0 Å². The molecule has 3 rings (SSSR count). The molecule has 0 aromatic carbocycles. The quantitative estimate of drug-likeness (QED) is 0.935. The van der Waals surface area contributed by atoms with E-state index in [2.05, 4.69) is 47.2 Å². The summed E-state index contributed by atoms with van der Waals surface area (Å²) in [4.78, 5) is 15.0. The predicted octanol–water partition coefficient (Wildman–Crippen LogP) is 2.72. The molecule has 5 nitrogen and oxygen atoms in total. The number of pyridine rings is 1. The van der Waals surface area contributed by atoms with Crippen LogP contribution in [0.15, 0.2) is 41.4 Å². The molecule has 0 bridgehead atoms. The minimum Gasteiger partial charge on any atom is -0.381 e. The van der Waals surface area contributed by atoms with E-state index in [9.17, 15) is 0 Å². The van der Waals surface area contributed by atoms with Gasteiger partial charge in [-0.05, 0) is 40.9 Å². The summed E-state index contributed by atoms with van der Waals surface area (Å²) in [7, 11) is 0. The fourth-order valence-electron chi connectivity index (χ4n) is 2.40. The van der Waals surface area contributed by atoms with Crippen LogP contribution < -0.4 is 10.2 Å². The first kappa shape index (κ1) is 13.3. The summed E-state index contributed by atoms with van der Waals surface area (Å²) in [6.45, 7) is 1.95. The van der Waals surface area contributed by atoms with Gasteiger partial charge in [0.1, 0.15) is 0 Å². The molecule has 104 valence electrons. The van der Waals surface area contributed by atoms with Gasteiger partial charge in [-0.1, -0.05) is 0 Å². The topological polar surface area (TPSA) is 53.9 Å². The van der Waals surface area contributed by atoms with Crippen LogP contribution in [0.4, 0.5) is 11.6 Å². The maximum atomic E-state index is 4.30. The first-order valence-electron chi connectivity index (χ1n) is 6.70. The van der Waals surface area contributed by atoms with E-state index in [1.165, 1.54) is 0 Å². The fourth-order valence-corrected chi connectivity index (χ4v) is 2.77. The van der Waals surface area contributed by atoms with Gasteiger partial charge in [-0.25, -0.2) is 9.97 Å². The van der Waals surface area contributed by atoms with Crippen molar-refractivity contribution in [2.45, 2.75) is 18.9 Å². The van der Waals surface area contributed by atoms with Gasteiger partial charge < -0.3 is 10.2 Å². The molecule has 0 unspecified atom stereocenters. The molecule has 0 aliphatic carbocycles. The molecule has 3 heterocycles. The lowest BCUT2D eigenvalue weighted by Crippen LogP contribution is -2.39. The van der Waals surface area contributed by atoms with Crippen LogP contribution in [-0.2, 0) is 0 Å². The van der Waals surface area contributed by atoms with Crippen molar-refractivity contribution in [1.82, 2.24) is 15.0 Å². The van der Waals surface area contributed by atoms with E-state index >= 15 is 0 Å². The third kappa shape index (κ3) is 3.25. The summed E-state index contributed by atoms with van der Waals surface area (Å²) >= 11 is 3.44. The first-order valence-corrected chi connectivity index (χ1v) is 7.49. The van der Waals surface area contributed by atoms with E-state index in [1.807, 2.05) is 12.3 Å². The van der Waals surface area contributed by atoms with Crippen LogP contribution in [0.5, 0.6) is 0 Å². The fraction of sp³-hybridized carbons (Fsp3) is 0.357. The van der Waals surface area contributed by atoms with E-state index in [4.69, 9.17) is 0 Å². The van der Waals surface area contributed by atoms with Gasteiger partial charge in [-0.2, -0.15) is 0 Å². The lowest BCUT2D eigenvalue weighted by molar-refractivity contribution is 0.520. The molecular weight excluding hydrogens is 318 g/mol. The summed E-state index contributed by atoms with van der Waals surface area (Å²) in [5.74, 6) is 0.829. The average Bonchev–Trinajstić information content (AvgIpc) is 2.49. The molecule has 2 aromatic heterocycles. The lowest BCUT2D eigenvalue weighted by atomic mass is 10.1.